The molecule has 1 N–H and O–H groups in total. The summed E-state index contributed by atoms with van der Waals surface area (Å²) in [5.74, 6) is 10.2. The van der Waals surface area contributed by atoms with Gasteiger partial charge in [0.05, 0.1) is 24.4 Å². The number of nitrogens with zero attached hydrogens (tertiary/aromatic N) is 1. The summed E-state index contributed by atoms with van der Waals surface area (Å²) in [7, 11) is 0. The number of allylic oxidation sites excluding steroid dienone is 4. The lowest BCUT2D eigenvalue weighted by Crippen LogP contribution is -2.56. The van der Waals surface area contributed by atoms with Crippen LogP contribution in [-0.4, -0.2) is 59.9 Å². The third-order valence-electron chi connectivity index (χ3n) is 20.2. The van der Waals surface area contributed by atoms with Crippen LogP contribution in [0.4, 0.5) is 0 Å². The Bertz CT molecular complexity index is 1780. The second-order valence-electron chi connectivity index (χ2n) is 21.5. The van der Waals surface area contributed by atoms with Crippen molar-refractivity contribution in [2.75, 3.05) is 32.9 Å². The van der Waals surface area contributed by atoms with Crippen molar-refractivity contribution in [3.05, 3.63) is 59.4 Å². The number of aliphatic hydroxyl groups excluding tert-OH is 1. The maximum atomic E-state index is 12.1. The number of fused-ring (bicyclic) bond motifs is 18. The molecular weight excluding hydrogens is 679 g/mol. The van der Waals surface area contributed by atoms with E-state index in [0.717, 1.165) is 85.2 Å². The van der Waals surface area contributed by atoms with Crippen molar-refractivity contribution in [2.45, 2.75) is 121 Å². The standard InChI is InChI=1S/C26H35NO.C24H32O3/c1-25-11-9-20-19-8-6-18(27-12-2-3-13-27)15-17(19)5-7-21(20)24(25)22-16-23(22)26(25)10-4-14-28-26;1-2-23-8-6-17-16-5-4-15(26)11-18(16)14(13-25)10-19(17)22(23)20-12-21(20)24(23)7-3-9-27-24/h4-5,10,15,19-24H,2-3,6-9,11-14,16H2,1H3;3,7,11,14,16-17,19-22,25H,2,4-6,8-10,12-13H2,1H3/t19?,20?,21?,22-,23+,24?,25+,26+;14-,16+,17?,19?,20+,21-,22?,23-,24-/m10/s1. The number of likely N-dealkylation sites (tertiary alicyclic amines) is 1. The molecule has 7 saturated carbocycles. The molecule has 1 saturated heterocycles. The molecular formula is C50H67NO4. The summed E-state index contributed by atoms with van der Waals surface area (Å²) < 4.78 is 13.1. The summed E-state index contributed by atoms with van der Waals surface area (Å²) in [6, 6.07) is 0. The van der Waals surface area contributed by atoms with Gasteiger partial charge in [-0.25, -0.2) is 0 Å². The summed E-state index contributed by atoms with van der Waals surface area (Å²) in [4.78, 5) is 14.7. The number of hydrogen-bond donors (Lipinski definition) is 1. The van der Waals surface area contributed by atoms with Gasteiger partial charge in [0, 0.05) is 48.6 Å². The topological polar surface area (TPSA) is 59.0 Å². The molecule has 5 heteroatoms. The Labute approximate surface area is 330 Å². The van der Waals surface area contributed by atoms with E-state index in [-0.39, 0.29) is 29.5 Å². The lowest BCUT2D eigenvalue weighted by molar-refractivity contribution is -0.146. The molecule has 10 aliphatic carbocycles. The number of ketones is 1. The molecule has 296 valence electrons. The van der Waals surface area contributed by atoms with Gasteiger partial charge in [0.2, 0.25) is 0 Å². The zero-order valence-electron chi connectivity index (χ0n) is 33.8. The van der Waals surface area contributed by atoms with Crippen molar-refractivity contribution in [1.29, 1.82) is 0 Å². The van der Waals surface area contributed by atoms with Gasteiger partial charge in [-0.3, -0.25) is 4.79 Å². The number of rotatable bonds is 3. The largest absolute Gasteiger partial charge is 0.396 e. The van der Waals surface area contributed by atoms with E-state index in [9.17, 15) is 9.90 Å². The van der Waals surface area contributed by atoms with Crippen LogP contribution in [0.5, 0.6) is 0 Å². The number of carbonyl (C=O) groups is 1. The normalized spacial score (nSPS) is 54.2. The number of carbonyl (C=O) groups excluding carboxylic acids is 1. The van der Waals surface area contributed by atoms with E-state index in [4.69, 9.17) is 9.47 Å². The highest BCUT2D eigenvalue weighted by Gasteiger charge is 2.78. The minimum absolute atomic E-state index is 0.00934. The molecule has 5 nitrogen and oxygen atoms in total. The Morgan fingerprint density at radius 1 is 0.782 bits per heavy atom. The highest BCUT2D eigenvalue weighted by atomic mass is 16.5. The molecule has 3 aliphatic heterocycles. The van der Waals surface area contributed by atoms with Gasteiger partial charge in [-0.15, -0.1) is 0 Å². The highest BCUT2D eigenvalue weighted by molar-refractivity contribution is 5.91. The van der Waals surface area contributed by atoms with Crippen LogP contribution in [-0.2, 0) is 14.3 Å². The molecule has 0 bridgehead atoms. The van der Waals surface area contributed by atoms with Crippen molar-refractivity contribution in [3.8, 4) is 0 Å². The number of ether oxygens (including phenoxy) is 2. The first-order chi connectivity index (χ1) is 26.9. The first kappa shape index (κ1) is 35.0. The molecule has 8 fully saturated rings. The third kappa shape index (κ3) is 4.56. The monoisotopic (exact) mass is 746 g/mol. The van der Waals surface area contributed by atoms with Gasteiger partial charge >= 0.3 is 0 Å². The predicted molar refractivity (Wildman–Crippen MR) is 214 cm³/mol. The van der Waals surface area contributed by atoms with Crippen LogP contribution in [0, 0.1) is 87.8 Å². The maximum Gasteiger partial charge on any atom is 0.155 e. The molecule has 13 aliphatic rings. The summed E-state index contributed by atoms with van der Waals surface area (Å²) in [6.07, 6.45) is 35.9. The van der Waals surface area contributed by atoms with Crippen LogP contribution in [0.25, 0.3) is 0 Å². The Morgan fingerprint density at radius 2 is 1.49 bits per heavy atom. The lowest BCUT2D eigenvalue weighted by Gasteiger charge is -2.59. The molecule has 0 radical (unpaired) electrons. The average Bonchev–Trinajstić information content (AvgIpc) is 3.78. The van der Waals surface area contributed by atoms with Crippen molar-refractivity contribution < 1.29 is 19.4 Å². The van der Waals surface area contributed by atoms with Crippen LogP contribution in [0.2, 0.25) is 0 Å². The van der Waals surface area contributed by atoms with Crippen LogP contribution in [0.3, 0.4) is 0 Å². The smallest absolute Gasteiger partial charge is 0.155 e. The van der Waals surface area contributed by atoms with E-state index in [1.807, 2.05) is 6.08 Å². The Kier molecular flexibility index (Phi) is 7.83. The van der Waals surface area contributed by atoms with E-state index < -0.39 is 0 Å². The molecule has 2 spiro atoms. The first-order valence-corrected chi connectivity index (χ1v) is 23.5. The fourth-order valence-electron chi connectivity index (χ4n) is 18.3. The van der Waals surface area contributed by atoms with Gasteiger partial charge in [0.25, 0.3) is 0 Å². The van der Waals surface area contributed by atoms with Crippen LogP contribution in [0.1, 0.15) is 110 Å². The van der Waals surface area contributed by atoms with Gasteiger partial charge < -0.3 is 19.5 Å². The minimum atomic E-state index is 0.00934. The van der Waals surface area contributed by atoms with Gasteiger partial charge in [0.1, 0.15) is 0 Å². The first-order valence-electron chi connectivity index (χ1n) is 23.5. The Balaban J connectivity index is 0.000000122. The Hall–Kier alpha value is -1.95. The SMILES string of the molecule is CC[C@]12CCC3C(C[C@@H](CO)C4=CC(=O)CC[C@@H]43)C1[C@@H]1C[C@@H]1[C@@]21C=CCO1.C[C@]12CCC3C4CCC(N5CCCC5)=CC4=CCC3C1[C@@H]1C[C@@H]1[C@@]21C=CCO1. The molecule has 0 aromatic rings. The van der Waals surface area contributed by atoms with Crippen LogP contribution < -0.4 is 0 Å². The second kappa shape index (κ2) is 12.3. The molecule has 3 heterocycles. The molecule has 0 amide bonds. The number of aliphatic hydroxyl groups is 1. The quantitative estimate of drug-likeness (QED) is 0.292. The zero-order chi connectivity index (χ0) is 36.9. The predicted octanol–water partition coefficient (Wildman–Crippen LogP) is 9.25. The van der Waals surface area contributed by atoms with Gasteiger partial charge in [-0.05, 0) is 179 Å². The van der Waals surface area contributed by atoms with Crippen LogP contribution >= 0.6 is 0 Å². The molecule has 55 heavy (non-hydrogen) atoms. The van der Waals surface area contributed by atoms with Crippen LogP contribution in [0.15, 0.2) is 59.4 Å². The van der Waals surface area contributed by atoms with E-state index in [1.54, 1.807) is 11.3 Å². The molecule has 0 aromatic heterocycles. The fraction of sp³-hybridized carbons (Fsp3) is 0.780. The van der Waals surface area contributed by atoms with Crippen molar-refractivity contribution in [2.24, 2.45) is 87.8 Å². The summed E-state index contributed by atoms with van der Waals surface area (Å²) in [6.45, 7) is 9.47. The second-order valence-corrected chi connectivity index (χ2v) is 21.5. The summed E-state index contributed by atoms with van der Waals surface area (Å²) in [5.41, 5.74) is 5.49. The highest BCUT2D eigenvalue weighted by Crippen LogP contribution is 2.79. The van der Waals surface area contributed by atoms with Gasteiger partial charge in [-0.2, -0.15) is 0 Å². The van der Waals surface area contributed by atoms with Crippen molar-refractivity contribution in [1.82, 2.24) is 4.90 Å². The average molecular weight is 746 g/mol. The van der Waals surface area contributed by atoms with E-state index in [2.05, 4.69) is 55.2 Å². The third-order valence-corrected chi connectivity index (χ3v) is 20.2. The van der Waals surface area contributed by atoms with E-state index in [1.165, 1.54) is 95.7 Å². The van der Waals surface area contributed by atoms with E-state index in [0.29, 0.717) is 29.1 Å². The molecule has 7 unspecified atom stereocenters. The summed E-state index contributed by atoms with van der Waals surface area (Å²) >= 11 is 0. The lowest BCUT2D eigenvalue weighted by atomic mass is 9.46. The Morgan fingerprint density at radius 3 is 2.24 bits per heavy atom. The van der Waals surface area contributed by atoms with Gasteiger partial charge in [-0.1, -0.05) is 49.8 Å². The molecule has 17 atom stereocenters. The van der Waals surface area contributed by atoms with Gasteiger partial charge in [0.15, 0.2) is 5.78 Å². The van der Waals surface area contributed by atoms with Crippen molar-refractivity contribution in [3.63, 3.8) is 0 Å². The molecule has 0 aromatic carbocycles. The fourth-order valence-corrected chi connectivity index (χ4v) is 18.3. The zero-order valence-corrected chi connectivity index (χ0v) is 33.8. The van der Waals surface area contributed by atoms with Crippen molar-refractivity contribution >= 4 is 5.78 Å². The maximum absolute atomic E-state index is 12.1. The molecule has 13 rings (SSSR count). The van der Waals surface area contributed by atoms with E-state index >= 15 is 0 Å². The summed E-state index contributed by atoms with van der Waals surface area (Å²) in [5, 5.41) is 10.2. The number of hydrogen-bond acceptors (Lipinski definition) is 5. The minimum Gasteiger partial charge on any atom is -0.396 e.